The Hall–Kier alpha value is -2.68. The van der Waals surface area contributed by atoms with Crippen molar-refractivity contribution in [2.24, 2.45) is 7.05 Å². The molecule has 1 fully saturated rings. The molecule has 0 spiro atoms. The quantitative estimate of drug-likeness (QED) is 0.768. The highest BCUT2D eigenvalue weighted by Crippen LogP contribution is 2.27. The van der Waals surface area contributed by atoms with E-state index < -0.39 is 5.97 Å². The number of rotatable bonds is 6. The van der Waals surface area contributed by atoms with Crippen molar-refractivity contribution in [3.05, 3.63) is 28.0 Å². The molecule has 0 aromatic carbocycles. The molecule has 0 radical (unpaired) electrons. The summed E-state index contributed by atoms with van der Waals surface area (Å²) in [4.78, 5) is 41.8. The molecular weight excluding hydrogens is 340 g/mol. The van der Waals surface area contributed by atoms with E-state index in [1.54, 1.807) is 14.0 Å². The smallest absolute Gasteiger partial charge is 0.317 e. The molecule has 1 saturated carbocycles. The maximum absolute atomic E-state index is 12.7. The average Bonchev–Trinajstić information content (AvgIpc) is 2.88. The first kappa shape index (κ1) is 18.1. The average molecular weight is 362 g/mol. The van der Waals surface area contributed by atoms with Crippen molar-refractivity contribution in [3.63, 3.8) is 0 Å². The Morgan fingerprint density at radius 3 is 2.77 bits per heavy atom. The summed E-state index contributed by atoms with van der Waals surface area (Å²) in [5.74, 6) is -0.871. The molecule has 1 aliphatic carbocycles. The number of hydrogen-bond donors (Lipinski definition) is 2. The zero-order valence-electron chi connectivity index (χ0n) is 15.0. The molecule has 0 saturated heterocycles. The van der Waals surface area contributed by atoms with E-state index in [0.29, 0.717) is 25.1 Å². The third-order valence-corrected chi connectivity index (χ3v) is 4.88. The predicted molar refractivity (Wildman–Crippen MR) is 93.1 cm³/mol. The third-order valence-electron chi connectivity index (χ3n) is 4.88. The molecule has 26 heavy (non-hydrogen) atoms. The number of aryl methyl sites for hydroxylation is 2. The highest BCUT2D eigenvalue weighted by atomic mass is 16.4. The van der Waals surface area contributed by atoms with Gasteiger partial charge in [-0.25, -0.2) is 4.98 Å². The van der Waals surface area contributed by atoms with Crippen LogP contribution in [-0.2, 0) is 11.8 Å². The summed E-state index contributed by atoms with van der Waals surface area (Å²) >= 11 is 0. The summed E-state index contributed by atoms with van der Waals surface area (Å²) in [6, 6.07) is 0.0818. The van der Waals surface area contributed by atoms with Gasteiger partial charge in [0.05, 0.1) is 12.1 Å². The number of likely N-dealkylation sites (N-methyl/N-ethyl adjacent to an activating group) is 1. The second-order valence-electron chi connectivity index (χ2n) is 6.63. The van der Waals surface area contributed by atoms with Crippen molar-refractivity contribution < 1.29 is 19.1 Å². The van der Waals surface area contributed by atoms with Crippen LogP contribution in [0.4, 0.5) is 0 Å². The van der Waals surface area contributed by atoms with Crippen LogP contribution in [-0.4, -0.2) is 56.6 Å². The van der Waals surface area contributed by atoms with Crippen LogP contribution in [0.3, 0.4) is 0 Å². The predicted octanol–water partition coefficient (Wildman–Crippen LogP) is 0.502. The van der Waals surface area contributed by atoms with Crippen LogP contribution in [0, 0.1) is 6.92 Å². The lowest BCUT2D eigenvalue weighted by Crippen LogP contribution is -2.54. The summed E-state index contributed by atoms with van der Waals surface area (Å²) in [5, 5.41) is 12.0. The Morgan fingerprint density at radius 2 is 2.15 bits per heavy atom. The zero-order valence-corrected chi connectivity index (χ0v) is 15.0. The molecule has 9 heteroatoms. The number of carboxylic acids is 1. The number of nitrogens with zero attached hydrogens (tertiary/aromatic N) is 3. The first-order valence-electron chi connectivity index (χ1n) is 8.53. The molecule has 2 N–H and O–H groups in total. The van der Waals surface area contributed by atoms with Crippen molar-refractivity contribution in [2.45, 2.75) is 38.8 Å². The van der Waals surface area contributed by atoms with Gasteiger partial charge in [0, 0.05) is 19.1 Å². The lowest BCUT2D eigenvalue weighted by molar-refractivity contribution is -0.139. The van der Waals surface area contributed by atoms with Crippen molar-refractivity contribution in [1.82, 2.24) is 19.8 Å². The van der Waals surface area contributed by atoms with Crippen LogP contribution in [0.1, 0.15) is 35.9 Å². The largest absolute Gasteiger partial charge is 0.480 e. The number of carboxylic acid groups (broad SMARTS) is 1. The number of fused-ring (bicyclic) bond motifs is 1. The minimum atomic E-state index is -0.858. The highest BCUT2D eigenvalue weighted by Gasteiger charge is 2.35. The monoisotopic (exact) mass is 362 g/mol. The van der Waals surface area contributed by atoms with Gasteiger partial charge in [0.15, 0.2) is 0 Å². The van der Waals surface area contributed by atoms with Gasteiger partial charge >= 0.3 is 5.97 Å². The van der Waals surface area contributed by atoms with Gasteiger partial charge in [0.2, 0.25) is 5.71 Å². The van der Waals surface area contributed by atoms with Gasteiger partial charge in [-0.05, 0) is 26.3 Å². The molecule has 2 aromatic heterocycles. The fraction of sp³-hybridized carbons (Fsp3) is 0.529. The first-order chi connectivity index (χ1) is 12.3. The molecule has 3 rings (SSSR count). The Labute approximate surface area is 149 Å². The molecule has 0 unspecified atom stereocenters. The third kappa shape index (κ3) is 3.22. The Balaban J connectivity index is 1.72. The second-order valence-corrected chi connectivity index (χ2v) is 6.63. The van der Waals surface area contributed by atoms with Crippen molar-refractivity contribution in [3.8, 4) is 0 Å². The van der Waals surface area contributed by atoms with Crippen LogP contribution in [0.2, 0.25) is 0 Å². The van der Waals surface area contributed by atoms with Gasteiger partial charge in [-0.3, -0.25) is 19.3 Å². The van der Waals surface area contributed by atoms with E-state index >= 15 is 0 Å². The Morgan fingerprint density at radius 1 is 1.46 bits per heavy atom. The molecule has 0 atom stereocenters. The number of hydrogen-bond acceptors (Lipinski definition) is 6. The van der Waals surface area contributed by atoms with E-state index in [4.69, 9.17) is 9.52 Å². The van der Waals surface area contributed by atoms with Gasteiger partial charge in [0.25, 0.3) is 11.5 Å². The lowest BCUT2D eigenvalue weighted by Gasteiger charge is -2.42. The number of carbonyl (C=O) groups is 2. The molecule has 1 aliphatic rings. The summed E-state index contributed by atoms with van der Waals surface area (Å²) in [5.41, 5.74) is 0.0398. The Kier molecular flexibility index (Phi) is 4.82. The molecule has 0 bridgehead atoms. The maximum atomic E-state index is 12.7. The van der Waals surface area contributed by atoms with E-state index in [9.17, 15) is 14.4 Å². The zero-order chi connectivity index (χ0) is 19.0. The van der Waals surface area contributed by atoms with Gasteiger partial charge in [-0.15, -0.1) is 0 Å². The van der Waals surface area contributed by atoms with Gasteiger partial charge < -0.3 is 19.4 Å². The normalized spacial score (nSPS) is 19.5. The number of aliphatic carboxylic acids is 1. The van der Waals surface area contributed by atoms with Crippen LogP contribution >= 0.6 is 0 Å². The van der Waals surface area contributed by atoms with Crippen LogP contribution in [0.15, 0.2) is 15.5 Å². The van der Waals surface area contributed by atoms with Crippen molar-refractivity contribution in [1.29, 1.82) is 0 Å². The number of furan rings is 1. The van der Waals surface area contributed by atoms with Gasteiger partial charge in [0.1, 0.15) is 17.5 Å². The summed E-state index contributed by atoms with van der Waals surface area (Å²) in [6.07, 6.45) is 2.71. The molecule has 0 aliphatic heterocycles. The van der Waals surface area contributed by atoms with Crippen LogP contribution in [0.5, 0.6) is 0 Å². The van der Waals surface area contributed by atoms with E-state index in [1.165, 1.54) is 10.9 Å². The number of amides is 1. The van der Waals surface area contributed by atoms with Gasteiger partial charge in [-0.1, -0.05) is 6.92 Å². The number of aromatic nitrogens is 2. The van der Waals surface area contributed by atoms with Crippen LogP contribution in [0.25, 0.3) is 11.1 Å². The van der Waals surface area contributed by atoms with E-state index in [2.05, 4.69) is 10.3 Å². The number of carbonyl (C=O) groups excluding carboxylic acids is 1. The highest BCUT2D eigenvalue weighted by molar-refractivity contribution is 6.06. The van der Waals surface area contributed by atoms with Crippen molar-refractivity contribution >= 4 is 23.0 Å². The second kappa shape index (κ2) is 6.91. The van der Waals surface area contributed by atoms with E-state index in [1.807, 2.05) is 11.8 Å². The van der Waals surface area contributed by atoms with Crippen LogP contribution < -0.4 is 10.9 Å². The molecule has 2 heterocycles. The molecular formula is C17H22N4O5. The summed E-state index contributed by atoms with van der Waals surface area (Å²) < 4.78 is 6.75. The maximum Gasteiger partial charge on any atom is 0.317 e. The SMILES string of the molecule is CCN(CC(=O)O)C1CC(NC(=O)c2c(C)oc3ncn(C)c(=O)c23)C1. The molecule has 9 nitrogen and oxygen atoms in total. The van der Waals surface area contributed by atoms with E-state index in [-0.39, 0.29) is 46.8 Å². The van der Waals surface area contributed by atoms with Gasteiger partial charge in [-0.2, -0.15) is 0 Å². The van der Waals surface area contributed by atoms with Crippen molar-refractivity contribution in [2.75, 3.05) is 13.1 Å². The Bertz CT molecular complexity index is 910. The topological polar surface area (TPSA) is 118 Å². The lowest BCUT2D eigenvalue weighted by atomic mass is 9.85. The molecule has 140 valence electrons. The standard InChI is InChI=1S/C17H22N4O5/c1-4-21(7-12(22)23)11-5-10(6-11)19-15(24)13-9(2)26-16-14(13)17(25)20(3)8-18-16/h8,10-11H,4-7H2,1-3H3,(H,19,24)(H,22,23). The summed E-state index contributed by atoms with van der Waals surface area (Å²) in [7, 11) is 1.57. The van der Waals surface area contributed by atoms with E-state index in [0.717, 1.165) is 0 Å². The number of nitrogens with one attached hydrogen (secondary N) is 1. The minimum Gasteiger partial charge on any atom is -0.480 e. The molecule has 1 amide bonds. The molecule has 2 aromatic rings. The fourth-order valence-electron chi connectivity index (χ4n) is 3.39. The fourth-order valence-corrected chi connectivity index (χ4v) is 3.39. The first-order valence-corrected chi connectivity index (χ1v) is 8.53. The summed E-state index contributed by atoms with van der Waals surface area (Å²) in [6.45, 7) is 4.18. The minimum absolute atomic E-state index is 0.00494.